The summed E-state index contributed by atoms with van der Waals surface area (Å²) in [6, 6.07) is 17.2. The first-order chi connectivity index (χ1) is 13.6. The predicted molar refractivity (Wildman–Crippen MR) is 107 cm³/mol. The van der Waals surface area contributed by atoms with Crippen LogP contribution >= 0.6 is 0 Å². The molecule has 0 spiro atoms. The Kier molecular flexibility index (Phi) is 5.76. The van der Waals surface area contributed by atoms with Crippen LogP contribution in [0, 0.1) is 10.1 Å². The number of benzene rings is 2. The van der Waals surface area contributed by atoms with Crippen LogP contribution in [0.5, 0.6) is 5.75 Å². The molecule has 28 heavy (non-hydrogen) atoms. The standard InChI is InChI=1S/C21H17N3O4/c1-28-20-12-10-15(14-18(20)24(26)27)9-11-19(25)17-8-5-13-22-21(17)23-16-6-3-2-4-7-16/h2-14H,1H3,(H,22,23)/b11-9+. The smallest absolute Gasteiger partial charge is 0.311 e. The molecular formula is C21H17N3O4. The number of nitrogens with one attached hydrogen (secondary N) is 1. The van der Waals surface area contributed by atoms with Gasteiger partial charge in [0.1, 0.15) is 5.82 Å². The molecular weight excluding hydrogens is 358 g/mol. The van der Waals surface area contributed by atoms with E-state index in [1.807, 2.05) is 30.3 Å². The van der Waals surface area contributed by atoms with Crippen LogP contribution in [-0.4, -0.2) is 22.8 Å². The van der Waals surface area contributed by atoms with Gasteiger partial charge in [0.25, 0.3) is 0 Å². The van der Waals surface area contributed by atoms with Crippen molar-refractivity contribution in [3.8, 4) is 5.75 Å². The molecule has 0 saturated heterocycles. The molecule has 0 bridgehead atoms. The summed E-state index contributed by atoms with van der Waals surface area (Å²) in [4.78, 5) is 27.5. The fraction of sp³-hybridized carbons (Fsp3) is 0.0476. The van der Waals surface area contributed by atoms with Gasteiger partial charge in [-0.1, -0.05) is 30.3 Å². The van der Waals surface area contributed by atoms with E-state index in [2.05, 4.69) is 10.3 Å². The summed E-state index contributed by atoms with van der Waals surface area (Å²) >= 11 is 0. The SMILES string of the molecule is COc1ccc(/C=C/C(=O)c2cccnc2Nc2ccccc2)cc1[N+](=O)[O-]. The van der Waals surface area contributed by atoms with Crippen molar-refractivity contribution in [2.45, 2.75) is 0 Å². The number of carbonyl (C=O) groups is 1. The minimum absolute atomic E-state index is 0.162. The van der Waals surface area contributed by atoms with Crippen LogP contribution < -0.4 is 10.1 Å². The Bertz CT molecular complexity index is 1030. The van der Waals surface area contributed by atoms with E-state index < -0.39 is 4.92 Å². The number of methoxy groups -OCH3 is 1. The fourth-order valence-corrected chi connectivity index (χ4v) is 2.58. The van der Waals surface area contributed by atoms with E-state index in [1.54, 1.807) is 24.4 Å². The summed E-state index contributed by atoms with van der Waals surface area (Å²) in [5.74, 6) is 0.323. The average molecular weight is 375 g/mol. The number of ketones is 1. The van der Waals surface area contributed by atoms with Crippen LogP contribution in [-0.2, 0) is 0 Å². The largest absolute Gasteiger partial charge is 0.490 e. The molecule has 0 radical (unpaired) electrons. The Morgan fingerprint density at radius 2 is 1.93 bits per heavy atom. The Balaban J connectivity index is 1.84. The third-order valence-electron chi connectivity index (χ3n) is 3.94. The highest BCUT2D eigenvalue weighted by Gasteiger charge is 2.15. The van der Waals surface area contributed by atoms with Crippen molar-refractivity contribution in [2.75, 3.05) is 12.4 Å². The number of para-hydroxylation sites is 1. The number of allylic oxidation sites excluding steroid dienone is 1. The van der Waals surface area contributed by atoms with Crippen molar-refractivity contribution < 1.29 is 14.5 Å². The van der Waals surface area contributed by atoms with E-state index in [-0.39, 0.29) is 17.2 Å². The number of carbonyl (C=O) groups excluding carboxylic acids is 1. The number of ether oxygens (including phenoxy) is 1. The topological polar surface area (TPSA) is 94.4 Å². The highest BCUT2D eigenvalue weighted by Crippen LogP contribution is 2.28. The summed E-state index contributed by atoms with van der Waals surface area (Å²) in [7, 11) is 1.37. The van der Waals surface area contributed by atoms with Crippen molar-refractivity contribution in [3.05, 3.63) is 94.2 Å². The molecule has 0 aliphatic carbocycles. The van der Waals surface area contributed by atoms with Gasteiger partial charge in [-0.25, -0.2) is 4.98 Å². The second-order valence-electron chi connectivity index (χ2n) is 5.78. The molecule has 1 N–H and O–H groups in total. The molecule has 0 aliphatic heterocycles. The van der Waals surface area contributed by atoms with E-state index in [0.717, 1.165) is 5.69 Å². The van der Waals surface area contributed by atoms with Gasteiger partial charge in [-0.2, -0.15) is 0 Å². The number of aromatic nitrogens is 1. The molecule has 140 valence electrons. The Morgan fingerprint density at radius 3 is 2.64 bits per heavy atom. The van der Waals surface area contributed by atoms with Gasteiger partial charge in [0, 0.05) is 18.0 Å². The maximum absolute atomic E-state index is 12.6. The summed E-state index contributed by atoms with van der Waals surface area (Å²) < 4.78 is 4.98. The lowest BCUT2D eigenvalue weighted by molar-refractivity contribution is -0.385. The molecule has 1 aromatic heterocycles. The van der Waals surface area contributed by atoms with Gasteiger partial charge >= 0.3 is 5.69 Å². The number of hydrogen-bond donors (Lipinski definition) is 1. The first-order valence-corrected chi connectivity index (χ1v) is 8.40. The number of nitro benzene ring substituents is 1. The Morgan fingerprint density at radius 1 is 1.14 bits per heavy atom. The zero-order chi connectivity index (χ0) is 19.9. The molecule has 1 heterocycles. The lowest BCUT2D eigenvalue weighted by Crippen LogP contribution is -2.03. The van der Waals surface area contributed by atoms with Crippen molar-refractivity contribution in [1.82, 2.24) is 4.98 Å². The van der Waals surface area contributed by atoms with E-state index in [4.69, 9.17) is 4.74 Å². The normalized spacial score (nSPS) is 10.6. The van der Waals surface area contributed by atoms with Crippen LogP contribution in [0.2, 0.25) is 0 Å². The molecule has 7 heteroatoms. The maximum Gasteiger partial charge on any atom is 0.311 e. The lowest BCUT2D eigenvalue weighted by atomic mass is 10.1. The summed E-state index contributed by atoms with van der Waals surface area (Å²) in [5, 5.41) is 14.2. The van der Waals surface area contributed by atoms with Gasteiger partial charge < -0.3 is 10.1 Å². The number of nitro groups is 1. The molecule has 0 atom stereocenters. The number of rotatable bonds is 7. The number of nitrogens with zero attached hydrogens (tertiary/aromatic N) is 2. The van der Waals surface area contributed by atoms with E-state index in [1.165, 1.54) is 31.4 Å². The highest BCUT2D eigenvalue weighted by molar-refractivity contribution is 6.10. The van der Waals surface area contributed by atoms with Gasteiger partial charge in [-0.05, 0) is 42.0 Å². The van der Waals surface area contributed by atoms with Gasteiger partial charge in [0.05, 0.1) is 17.6 Å². The zero-order valence-electron chi connectivity index (χ0n) is 15.0. The van der Waals surface area contributed by atoms with Crippen molar-refractivity contribution in [3.63, 3.8) is 0 Å². The molecule has 0 amide bonds. The van der Waals surface area contributed by atoms with Gasteiger partial charge in [0.2, 0.25) is 0 Å². The minimum Gasteiger partial charge on any atom is -0.490 e. The average Bonchev–Trinajstić information content (AvgIpc) is 2.73. The van der Waals surface area contributed by atoms with Crippen molar-refractivity contribution in [2.24, 2.45) is 0 Å². The van der Waals surface area contributed by atoms with E-state index in [9.17, 15) is 14.9 Å². The zero-order valence-corrected chi connectivity index (χ0v) is 15.0. The van der Waals surface area contributed by atoms with Crippen LogP contribution in [0.15, 0.2) is 72.9 Å². The second-order valence-corrected chi connectivity index (χ2v) is 5.78. The maximum atomic E-state index is 12.6. The Hall–Kier alpha value is -4.00. The first kappa shape index (κ1) is 18.8. The third kappa shape index (κ3) is 4.39. The lowest BCUT2D eigenvalue weighted by Gasteiger charge is -2.08. The monoisotopic (exact) mass is 375 g/mol. The predicted octanol–water partition coefficient (Wildman–Crippen LogP) is 4.64. The molecule has 0 aliphatic rings. The second kappa shape index (κ2) is 8.59. The van der Waals surface area contributed by atoms with Crippen molar-refractivity contribution >= 4 is 29.1 Å². The Labute approximate surface area is 161 Å². The minimum atomic E-state index is -0.527. The van der Waals surface area contributed by atoms with Gasteiger partial charge in [-0.15, -0.1) is 0 Å². The van der Waals surface area contributed by atoms with Crippen LogP contribution in [0.25, 0.3) is 6.08 Å². The molecule has 0 unspecified atom stereocenters. The molecule has 0 saturated carbocycles. The van der Waals surface area contributed by atoms with Gasteiger partial charge in [-0.3, -0.25) is 14.9 Å². The summed E-state index contributed by atoms with van der Waals surface area (Å²) in [5.41, 5.74) is 1.56. The first-order valence-electron chi connectivity index (χ1n) is 8.40. The number of hydrogen-bond acceptors (Lipinski definition) is 6. The quantitative estimate of drug-likeness (QED) is 0.280. The molecule has 2 aromatic carbocycles. The molecule has 7 nitrogen and oxygen atoms in total. The summed E-state index contributed by atoms with van der Waals surface area (Å²) in [6.07, 6.45) is 4.48. The fourth-order valence-electron chi connectivity index (χ4n) is 2.58. The van der Waals surface area contributed by atoms with E-state index >= 15 is 0 Å². The van der Waals surface area contributed by atoms with Crippen LogP contribution in [0.1, 0.15) is 15.9 Å². The molecule has 3 aromatic rings. The van der Waals surface area contributed by atoms with E-state index in [0.29, 0.717) is 16.9 Å². The molecule has 0 fully saturated rings. The number of pyridine rings is 1. The highest BCUT2D eigenvalue weighted by atomic mass is 16.6. The van der Waals surface area contributed by atoms with Crippen molar-refractivity contribution in [1.29, 1.82) is 0 Å². The van der Waals surface area contributed by atoms with Crippen LogP contribution in [0.4, 0.5) is 17.2 Å². The van der Waals surface area contributed by atoms with Gasteiger partial charge in [0.15, 0.2) is 11.5 Å². The summed E-state index contributed by atoms with van der Waals surface area (Å²) in [6.45, 7) is 0. The van der Waals surface area contributed by atoms with Crippen LogP contribution in [0.3, 0.4) is 0 Å². The third-order valence-corrected chi connectivity index (χ3v) is 3.94. The molecule has 3 rings (SSSR count). The number of anilines is 2.